The summed E-state index contributed by atoms with van der Waals surface area (Å²) in [7, 11) is 1.58. The van der Waals surface area contributed by atoms with Crippen LogP contribution in [0.3, 0.4) is 0 Å². The highest BCUT2D eigenvalue weighted by atomic mass is 35.5. The van der Waals surface area contributed by atoms with Gasteiger partial charge in [-0.1, -0.05) is 59.3 Å². The predicted molar refractivity (Wildman–Crippen MR) is 136 cm³/mol. The first-order valence-electron chi connectivity index (χ1n) is 10.6. The van der Waals surface area contributed by atoms with Gasteiger partial charge in [-0.25, -0.2) is 4.98 Å². The van der Waals surface area contributed by atoms with Gasteiger partial charge in [0.05, 0.1) is 23.4 Å². The Morgan fingerprint density at radius 1 is 1.06 bits per heavy atom. The SMILES string of the molecule is COc1ccc(Cl)c2sc(N(Cc3cccnc3)C(=O)COc3ccc4ccccc4c3)nc12. The number of carbonyl (C=O) groups is 1. The van der Waals surface area contributed by atoms with Crippen molar-refractivity contribution in [2.75, 3.05) is 18.6 Å². The van der Waals surface area contributed by atoms with Gasteiger partial charge in [0, 0.05) is 12.4 Å². The van der Waals surface area contributed by atoms with Crippen molar-refractivity contribution in [2.24, 2.45) is 0 Å². The Balaban J connectivity index is 1.45. The number of methoxy groups -OCH3 is 1. The number of nitrogens with zero attached hydrogens (tertiary/aromatic N) is 3. The maximum absolute atomic E-state index is 13.4. The molecule has 0 aliphatic rings. The number of fused-ring (bicyclic) bond motifs is 2. The van der Waals surface area contributed by atoms with Crippen LogP contribution in [0.4, 0.5) is 5.13 Å². The van der Waals surface area contributed by atoms with Crippen LogP contribution in [0.2, 0.25) is 5.02 Å². The van der Waals surface area contributed by atoms with Gasteiger partial charge in [0.2, 0.25) is 0 Å². The minimum atomic E-state index is -0.230. The molecule has 6 nitrogen and oxygen atoms in total. The van der Waals surface area contributed by atoms with Crippen LogP contribution in [0.25, 0.3) is 21.0 Å². The lowest BCUT2D eigenvalue weighted by Gasteiger charge is -2.20. The summed E-state index contributed by atoms with van der Waals surface area (Å²) in [5, 5.41) is 3.23. The van der Waals surface area contributed by atoms with Gasteiger partial charge in [0.1, 0.15) is 17.0 Å². The Hall–Kier alpha value is -3.68. The number of amides is 1. The van der Waals surface area contributed by atoms with Gasteiger partial charge in [-0.3, -0.25) is 14.7 Å². The van der Waals surface area contributed by atoms with Crippen LogP contribution < -0.4 is 14.4 Å². The molecule has 0 spiro atoms. The Labute approximate surface area is 205 Å². The van der Waals surface area contributed by atoms with Crippen LogP contribution in [0.5, 0.6) is 11.5 Å². The molecular formula is C26H20ClN3O3S. The van der Waals surface area contributed by atoms with Gasteiger partial charge in [-0.15, -0.1) is 0 Å². The second kappa shape index (κ2) is 9.67. The number of halogens is 1. The molecule has 0 bridgehead atoms. The van der Waals surface area contributed by atoms with Gasteiger partial charge in [0.25, 0.3) is 5.91 Å². The molecule has 0 N–H and O–H groups in total. The van der Waals surface area contributed by atoms with E-state index in [4.69, 9.17) is 26.1 Å². The van der Waals surface area contributed by atoms with Crippen molar-refractivity contribution >= 4 is 55.0 Å². The Morgan fingerprint density at radius 3 is 2.71 bits per heavy atom. The van der Waals surface area contributed by atoms with Crippen LogP contribution >= 0.6 is 22.9 Å². The lowest BCUT2D eigenvalue weighted by Crippen LogP contribution is -2.34. The van der Waals surface area contributed by atoms with Crippen LogP contribution in [0, 0.1) is 0 Å². The molecule has 0 fully saturated rings. The molecule has 1 amide bonds. The van der Waals surface area contributed by atoms with Crippen LogP contribution in [-0.4, -0.2) is 29.6 Å². The highest BCUT2D eigenvalue weighted by Crippen LogP contribution is 2.39. The van der Waals surface area contributed by atoms with Crippen molar-refractivity contribution in [1.82, 2.24) is 9.97 Å². The summed E-state index contributed by atoms with van der Waals surface area (Å²) >= 11 is 7.75. The van der Waals surface area contributed by atoms with Crippen molar-refractivity contribution < 1.29 is 14.3 Å². The van der Waals surface area contributed by atoms with E-state index >= 15 is 0 Å². The van der Waals surface area contributed by atoms with Gasteiger partial charge in [-0.05, 0) is 46.7 Å². The monoisotopic (exact) mass is 489 g/mol. The number of rotatable bonds is 7. The summed E-state index contributed by atoms with van der Waals surface area (Å²) in [6.45, 7) is 0.160. The second-order valence-corrected chi connectivity index (χ2v) is 8.95. The number of carbonyl (C=O) groups excluding carboxylic acids is 1. The zero-order valence-corrected chi connectivity index (χ0v) is 19.8. The first-order chi connectivity index (χ1) is 16.6. The molecule has 0 aliphatic heterocycles. The number of ether oxygens (including phenoxy) is 2. The third-order valence-corrected chi connectivity index (χ3v) is 6.88. The number of aromatic nitrogens is 2. The van der Waals surface area contributed by atoms with E-state index in [-0.39, 0.29) is 12.5 Å². The molecule has 5 rings (SSSR count). The van der Waals surface area contributed by atoms with Crippen molar-refractivity contribution in [3.8, 4) is 11.5 Å². The van der Waals surface area contributed by atoms with Crippen molar-refractivity contribution in [3.05, 3.63) is 89.7 Å². The van der Waals surface area contributed by atoms with E-state index in [1.54, 1.807) is 36.5 Å². The molecule has 0 atom stereocenters. The Kier molecular flexibility index (Phi) is 6.29. The fourth-order valence-corrected chi connectivity index (χ4v) is 4.91. The van der Waals surface area contributed by atoms with Crippen molar-refractivity contribution in [2.45, 2.75) is 6.54 Å². The number of anilines is 1. The Morgan fingerprint density at radius 2 is 1.91 bits per heavy atom. The molecule has 0 saturated heterocycles. The van der Waals surface area contributed by atoms with Gasteiger partial charge < -0.3 is 9.47 Å². The molecule has 2 aromatic heterocycles. The highest BCUT2D eigenvalue weighted by molar-refractivity contribution is 7.23. The lowest BCUT2D eigenvalue weighted by molar-refractivity contribution is -0.120. The minimum absolute atomic E-state index is 0.139. The van der Waals surface area contributed by atoms with E-state index in [0.717, 1.165) is 21.0 Å². The summed E-state index contributed by atoms with van der Waals surface area (Å²) in [5.41, 5.74) is 1.49. The summed E-state index contributed by atoms with van der Waals surface area (Å²) < 4.78 is 12.1. The quantitative estimate of drug-likeness (QED) is 0.275. The average Bonchev–Trinajstić information content (AvgIpc) is 3.33. The zero-order valence-electron chi connectivity index (χ0n) is 18.3. The van der Waals surface area contributed by atoms with Crippen LogP contribution in [-0.2, 0) is 11.3 Å². The van der Waals surface area contributed by atoms with Crippen LogP contribution in [0.15, 0.2) is 79.1 Å². The van der Waals surface area contributed by atoms with Gasteiger partial charge in [-0.2, -0.15) is 0 Å². The fraction of sp³-hybridized carbons (Fsp3) is 0.115. The van der Waals surface area contributed by atoms with E-state index in [1.165, 1.54) is 11.3 Å². The maximum Gasteiger partial charge on any atom is 0.267 e. The van der Waals surface area contributed by atoms with Gasteiger partial charge in [0.15, 0.2) is 11.7 Å². The van der Waals surface area contributed by atoms with Crippen molar-refractivity contribution in [3.63, 3.8) is 0 Å². The molecule has 170 valence electrons. The van der Waals surface area contributed by atoms with E-state index in [1.807, 2.05) is 54.6 Å². The largest absolute Gasteiger partial charge is 0.494 e. The molecule has 0 saturated carbocycles. The van der Waals surface area contributed by atoms with E-state index in [9.17, 15) is 4.79 Å². The number of pyridine rings is 1. The molecule has 0 radical (unpaired) electrons. The molecule has 3 aromatic carbocycles. The molecule has 0 aliphatic carbocycles. The zero-order chi connectivity index (χ0) is 23.5. The molecule has 2 heterocycles. The number of thiazole rings is 1. The van der Waals surface area contributed by atoms with E-state index < -0.39 is 0 Å². The second-order valence-electron chi connectivity index (χ2n) is 7.56. The normalized spacial score (nSPS) is 11.0. The average molecular weight is 490 g/mol. The lowest BCUT2D eigenvalue weighted by atomic mass is 10.1. The Bertz CT molecular complexity index is 1470. The molecule has 5 aromatic rings. The maximum atomic E-state index is 13.4. The van der Waals surface area contributed by atoms with Crippen LogP contribution in [0.1, 0.15) is 5.56 Å². The highest BCUT2D eigenvalue weighted by Gasteiger charge is 2.23. The molecule has 34 heavy (non-hydrogen) atoms. The predicted octanol–water partition coefficient (Wildman–Crippen LogP) is 6.12. The molecular weight excluding hydrogens is 470 g/mol. The first-order valence-corrected chi connectivity index (χ1v) is 11.8. The third-order valence-electron chi connectivity index (χ3n) is 5.35. The standard InChI is InChI=1S/C26H20ClN3O3S/c1-32-22-11-10-21(27)25-24(22)29-26(34-25)30(15-17-5-4-12-28-14-17)23(31)16-33-20-9-8-18-6-2-3-7-19(18)13-20/h2-14H,15-16H2,1H3. The topological polar surface area (TPSA) is 64.5 Å². The summed E-state index contributed by atoms with van der Waals surface area (Å²) in [6, 6.07) is 21.1. The summed E-state index contributed by atoms with van der Waals surface area (Å²) in [5.74, 6) is 0.997. The fourth-order valence-electron chi connectivity index (χ4n) is 3.64. The number of hydrogen-bond donors (Lipinski definition) is 0. The van der Waals surface area contributed by atoms with E-state index in [2.05, 4.69) is 4.98 Å². The summed E-state index contributed by atoms with van der Waals surface area (Å²) in [4.78, 5) is 23.8. The van der Waals surface area contributed by atoms with E-state index in [0.29, 0.717) is 33.7 Å². The minimum Gasteiger partial charge on any atom is -0.494 e. The smallest absolute Gasteiger partial charge is 0.267 e. The molecule has 0 unspecified atom stereocenters. The van der Waals surface area contributed by atoms with Gasteiger partial charge >= 0.3 is 0 Å². The summed E-state index contributed by atoms with van der Waals surface area (Å²) in [6.07, 6.45) is 3.42. The molecule has 8 heteroatoms. The first kappa shape index (κ1) is 22.1. The third kappa shape index (κ3) is 4.53. The van der Waals surface area contributed by atoms with Crippen molar-refractivity contribution in [1.29, 1.82) is 0 Å². The number of benzene rings is 3. The number of hydrogen-bond acceptors (Lipinski definition) is 6.